The van der Waals surface area contributed by atoms with E-state index in [1.54, 1.807) is 24.3 Å². The standard InChI is InChI=1S/C46H46N6O6/c47-42(54)41-35-21-23-36(24-22-35)43(55)48-27-26-40(53)49-37(25-18-30-10-4-1-5-11-30)44(56)50-38(29-32-16-19-34(20-17-32)33-14-8-3-9-15-33)45(57)51-39(46(58)52-41)28-31-12-6-2-7-13-31/h1-17,19-24,37-39,41H,18,25-29H2,(H2,47,54)(H,48,55)(H,49,53)(H,50,56)(H,51,57)(H,52,58)/t37-,38+,39-,41?/m1/s1. The summed E-state index contributed by atoms with van der Waals surface area (Å²) in [7, 11) is 0. The van der Waals surface area contributed by atoms with Crippen LogP contribution in [0.3, 0.4) is 0 Å². The van der Waals surface area contributed by atoms with Crippen LogP contribution in [0.25, 0.3) is 11.1 Å². The van der Waals surface area contributed by atoms with Gasteiger partial charge in [-0.2, -0.15) is 0 Å². The molecule has 0 saturated carbocycles. The lowest BCUT2D eigenvalue weighted by Gasteiger charge is -2.27. The zero-order chi connectivity index (χ0) is 40.9. The molecule has 0 aromatic heterocycles. The van der Waals surface area contributed by atoms with Gasteiger partial charge in [-0.3, -0.25) is 28.8 Å². The van der Waals surface area contributed by atoms with E-state index in [-0.39, 0.29) is 37.8 Å². The van der Waals surface area contributed by atoms with E-state index in [9.17, 15) is 28.8 Å². The Morgan fingerprint density at radius 2 is 1.00 bits per heavy atom. The molecule has 0 fully saturated rings. The van der Waals surface area contributed by atoms with Crippen molar-refractivity contribution in [3.05, 3.63) is 167 Å². The summed E-state index contributed by atoms with van der Waals surface area (Å²) in [5, 5.41) is 13.9. The number of hydrogen-bond donors (Lipinski definition) is 6. The SMILES string of the molecule is NC(=O)C1NC(=O)[C@@H](Cc2ccccc2)NC(=O)[C@H](Cc2ccc(-c3ccccc3)cc2)NC(=O)[C@@H](CCc2ccccc2)NC(=O)CCNC(=O)c2ccc1cc2. The quantitative estimate of drug-likeness (QED) is 0.124. The molecular formula is C46H46N6O6. The fourth-order valence-electron chi connectivity index (χ4n) is 6.78. The van der Waals surface area contributed by atoms with Crippen molar-refractivity contribution in [2.75, 3.05) is 6.54 Å². The first-order chi connectivity index (χ1) is 28.1. The molecule has 58 heavy (non-hydrogen) atoms. The highest BCUT2D eigenvalue weighted by atomic mass is 16.2. The fraction of sp³-hybridized carbons (Fsp3) is 0.217. The Balaban J connectivity index is 1.35. The molecule has 0 aliphatic carbocycles. The van der Waals surface area contributed by atoms with E-state index in [1.807, 2.05) is 91.0 Å². The van der Waals surface area contributed by atoms with Crippen LogP contribution in [0.2, 0.25) is 0 Å². The van der Waals surface area contributed by atoms with Gasteiger partial charge in [0.2, 0.25) is 29.5 Å². The van der Waals surface area contributed by atoms with Gasteiger partial charge in [-0.05, 0) is 58.4 Å². The molecule has 1 unspecified atom stereocenters. The lowest BCUT2D eigenvalue weighted by molar-refractivity contribution is -0.134. The normalized spacial score (nSPS) is 19.5. The Bertz CT molecular complexity index is 2200. The molecule has 7 rings (SSSR count). The van der Waals surface area contributed by atoms with Crippen molar-refractivity contribution in [1.82, 2.24) is 26.6 Å². The van der Waals surface area contributed by atoms with Gasteiger partial charge in [-0.15, -0.1) is 0 Å². The summed E-state index contributed by atoms with van der Waals surface area (Å²) in [4.78, 5) is 81.7. The van der Waals surface area contributed by atoms with Crippen LogP contribution in [-0.2, 0) is 43.2 Å². The van der Waals surface area contributed by atoms with Gasteiger partial charge in [0.25, 0.3) is 5.91 Å². The van der Waals surface area contributed by atoms with E-state index in [4.69, 9.17) is 5.73 Å². The summed E-state index contributed by atoms with van der Waals surface area (Å²) in [5.74, 6) is -3.73. The highest BCUT2D eigenvalue weighted by Gasteiger charge is 2.32. The van der Waals surface area contributed by atoms with Crippen LogP contribution >= 0.6 is 0 Å². The Morgan fingerprint density at radius 3 is 1.59 bits per heavy atom. The molecule has 6 amide bonds. The van der Waals surface area contributed by atoms with Gasteiger partial charge in [0.05, 0.1) is 0 Å². The molecule has 2 heterocycles. The van der Waals surface area contributed by atoms with Crippen LogP contribution in [0.4, 0.5) is 0 Å². The van der Waals surface area contributed by atoms with Gasteiger partial charge in [0, 0.05) is 31.4 Å². The molecule has 2 aliphatic heterocycles. The van der Waals surface area contributed by atoms with Crippen molar-refractivity contribution >= 4 is 35.4 Å². The first-order valence-electron chi connectivity index (χ1n) is 19.2. The van der Waals surface area contributed by atoms with Gasteiger partial charge in [-0.25, -0.2) is 0 Å². The highest BCUT2D eigenvalue weighted by Crippen LogP contribution is 2.21. The van der Waals surface area contributed by atoms with Crippen LogP contribution in [0.15, 0.2) is 140 Å². The number of fused-ring (bicyclic) bond motifs is 17. The summed E-state index contributed by atoms with van der Waals surface area (Å²) in [5.41, 5.74) is 10.7. The third kappa shape index (κ3) is 11.3. The average molecular weight is 779 g/mol. The predicted molar refractivity (Wildman–Crippen MR) is 220 cm³/mol. The third-order valence-electron chi connectivity index (χ3n) is 9.98. The molecular weight excluding hydrogens is 733 g/mol. The number of carbonyl (C=O) groups is 6. The maximum atomic E-state index is 14.4. The predicted octanol–water partition coefficient (Wildman–Crippen LogP) is 3.70. The van der Waals surface area contributed by atoms with E-state index in [2.05, 4.69) is 26.6 Å². The van der Waals surface area contributed by atoms with Crippen molar-refractivity contribution in [2.45, 2.75) is 56.3 Å². The zero-order valence-corrected chi connectivity index (χ0v) is 31.9. The molecule has 12 heteroatoms. The summed E-state index contributed by atoms with van der Waals surface area (Å²) < 4.78 is 0. The second kappa shape index (κ2) is 19.7. The van der Waals surface area contributed by atoms with Crippen molar-refractivity contribution in [3.63, 3.8) is 0 Å². The summed E-state index contributed by atoms with van der Waals surface area (Å²) in [6.07, 6.45) is 0.644. The summed E-state index contributed by atoms with van der Waals surface area (Å²) >= 11 is 0. The average Bonchev–Trinajstić information content (AvgIpc) is 3.24. The lowest BCUT2D eigenvalue weighted by Crippen LogP contribution is -2.58. The third-order valence-corrected chi connectivity index (χ3v) is 9.98. The molecule has 5 aromatic rings. The van der Waals surface area contributed by atoms with E-state index in [0.717, 1.165) is 27.8 Å². The number of nitrogens with two attached hydrogens (primary N) is 1. The van der Waals surface area contributed by atoms with Gasteiger partial charge >= 0.3 is 0 Å². The Kier molecular flexibility index (Phi) is 13.8. The minimum absolute atomic E-state index is 0.0216. The van der Waals surface area contributed by atoms with Gasteiger partial charge in [-0.1, -0.05) is 127 Å². The van der Waals surface area contributed by atoms with E-state index < -0.39 is 59.6 Å². The number of nitrogens with one attached hydrogen (secondary N) is 5. The van der Waals surface area contributed by atoms with E-state index in [1.165, 1.54) is 24.3 Å². The Hall–Kier alpha value is -7.08. The maximum absolute atomic E-state index is 14.4. The maximum Gasteiger partial charge on any atom is 0.251 e. The van der Waals surface area contributed by atoms with Crippen LogP contribution < -0.4 is 32.3 Å². The first-order valence-corrected chi connectivity index (χ1v) is 19.2. The monoisotopic (exact) mass is 778 g/mol. The van der Waals surface area contributed by atoms with Gasteiger partial charge in [0.15, 0.2) is 0 Å². The van der Waals surface area contributed by atoms with Crippen molar-refractivity contribution in [3.8, 4) is 11.1 Å². The minimum Gasteiger partial charge on any atom is -0.368 e. The second-order valence-corrected chi connectivity index (χ2v) is 14.2. The van der Waals surface area contributed by atoms with Crippen LogP contribution in [0.5, 0.6) is 0 Å². The largest absolute Gasteiger partial charge is 0.368 e. The molecule has 0 radical (unpaired) electrons. The zero-order valence-electron chi connectivity index (χ0n) is 31.9. The van der Waals surface area contributed by atoms with Crippen molar-refractivity contribution in [1.29, 1.82) is 0 Å². The van der Waals surface area contributed by atoms with Crippen LogP contribution in [0, 0.1) is 0 Å². The molecule has 0 saturated heterocycles. The van der Waals surface area contributed by atoms with Crippen LogP contribution in [0.1, 0.15) is 51.5 Å². The number of aryl methyl sites for hydroxylation is 1. The smallest absolute Gasteiger partial charge is 0.251 e. The second-order valence-electron chi connectivity index (χ2n) is 14.2. The Labute approximate surface area is 337 Å². The Morgan fingerprint density at radius 1 is 0.517 bits per heavy atom. The fourth-order valence-corrected chi connectivity index (χ4v) is 6.78. The molecule has 7 N–H and O–H groups in total. The van der Waals surface area contributed by atoms with Crippen molar-refractivity contribution in [2.24, 2.45) is 5.73 Å². The first kappa shape index (κ1) is 40.6. The summed E-state index contributed by atoms with van der Waals surface area (Å²) in [6.45, 7) is -0.0216. The molecule has 12 nitrogen and oxygen atoms in total. The number of rotatable bonds is 9. The summed E-state index contributed by atoms with van der Waals surface area (Å²) in [6, 6.07) is 37.2. The van der Waals surface area contributed by atoms with Gasteiger partial charge < -0.3 is 32.3 Å². The molecule has 2 bridgehead atoms. The highest BCUT2D eigenvalue weighted by molar-refractivity contribution is 5.97. The van der Waals surface area contributed by atoms with Gasteiger partial charge in [0.1, 0.15) is 24.2 Å². The number of hydrogen-bond acceptors (Lipinski definition) is 6. The molecule has 296 valence electrons. The lowest BCUT2D eigenvalue weighted by atomic mass is 9.98. The van der Waals surface area contributed by atoms with Crippen molar-refractivity contribution < 1.29 is 28.8 Å². The number of carbonyl (C=O) groups excluding carboxylic acids is 6. The molecule has 5 aromatic carbocycles. The number of benzene rings is 5. The van der Waals surface area contributed by atoms with Crippen LogP contribution in [-0.4, -0.2) is 60.1 Å². The molecule has 0 spiro atoms. The topological polar surface area (TPSA) is 189 Å². The number of primary amides is 1. The minimum atomic E-state index is -1.29. The molecule has 2 aliphatic rings. The number of amides is 6. The van der Waals surface area contributed by atoms with E-state index in [0.29, 0.717) is 12.0 Å². The van der Waals surface area contributed by atoms with E-state index >= 15 is 0 Å². The molecule has 4 atom stereocenters.